The summed E-state index contributed by atoms with van der Waals surface area (Å²) in [6, 6.07) is 18.9. The van der Waals surface area contributed by atoms with Gasteiger partial charge >= 0.3 is 0 Å². The van der Waals surface area contributed by atoms with Crippen molar-refractivity contribution in [3.05, 3.63) is 98.5 Å². The van der Waals surface area contributed by atoms with Crippen LogP contribution in [-0.2, 0) is 12.8 Å². The van der Waals surface area contributed by atoms with Gasteiger partial charge in [0.1, 0.15) is 0 Å². The predicted octanol–water partition coefficient (Wildman–Crippen LogP) is 6.39. The van der Waals surface area contributed by atoms with E-state index in [1.807, 2.05) is 61.5 Å². The fourth-order valence-corrected chi connectivity index (χ4v) is 4.54. The average molecular weight is 440 g/mol. The Bertz CT molecular complexity index is 1080. The summed E-state index contributed by atoms with van der Waals surface area (Å²) in [5.41, 5.74) is 5.36. The Balaban J connectivity index is 1.44. The molecule has 5 heteroatoms. The van der Waals surface area contributed by atoms with Crippen molar-refractivity contribution in [3.8, 4) is 0 Å². The van der Waals surface area contributed by atoms with Crippen molar-refractivity contribution in [1.29, 1.82) is 0 Å². The Morgan fingerprint density at radius 1 is 1.07 bits per heavy atom. The Labute approximate surface area is 186 Å². The summed E-state index contributed by atoms with van der Waals surface area (Å²) in [4.78, 5) is 12.5. The molecule has 30 heavy (non-hydrogen) atoms. The van der Waals surface area contributed by atoms with Crippen molar-refractivity contribution < 1.29 is 9.90 Å². The van der Waals surface area contributed by atoms with Crippen molar-refractivity contribution in [3.63, 3.8) is 0 Å². The first-order chi connectivity index (χ1) is 14.4. The number of para-hydroxylation sites is 1. The number of rotatable bonds is 4. The Hall–Kier alpha value is -2.33. The van der Waals surface area contributed by atoms with Crippen LogP contribution in [-0.4, -0.2) is 11.0 Å². The van der Waals surface area contributed by atoms with Gasteiger partial charge in [-0.15, -0.1) is 0 Å². The highest BCUT2D eigenvalue weighted by atomic mass is 35.5. The first-order valence-corrected chi connectivity index (χ1v) is 10.8. The molecule has 2 N–H and O–H groups in total. The van der Waals surface area contributed by atoms with Crippen LogP contribution in [0.4, 0.5) is 5.69 Å². The molecule has 0 radical (unpaired) electrons. The molecule has 0 heterocycles. The first-order valence-electron chi connectivity index (χ1n) is 10.0. The highest BCUT2D eigenvalue weighted by molar-refractivity contribution is 6.42. The van der Waals surface area contributed by atoms with Gasteiger partial charge in [0.25, 0.3) is 5.91 Å². The maximum atomic E-state index is 12.5. The Kier molecular flexibility index (Phi) is 6.14. The molecule has 3 nitrogen and oxygen atoms in total. The van der Waals surface area contributed by atoms with E-state index >= 15 is 0 Å². The van der Waals surface area contributed by atoms with E-state index in [2.05, 4.69) is 5.32 Å². The summed E-state index contributed by atoms with van der Waals surface area (Å²) in [6.07, 6.45) is 1.80. The number of carbonyl (C=O) groups excluding carboxylic acids is 1. The average Bonchev–Trinajstić information content (AvgIpc) is 2.75. The highest BCUT2D eigenvalue weighted by Crippen LogP contribution is 2.41. The molecule has 0 bridgehead atoms. The number of hydrogen-bond acceptors (Lipinski definition) is 2. The van der Waals surface area contributed by atoms with Gasteiger partial charge < -0.3 is 10.4 Å². The fourth-order valence-electron chi connectivity index (χ4n) is 4.10. The number of amides is 1. The van der Waals surface area contributed by atoms with E-state index in [9.17, 15) is 9.90 Å². The molecule has 154 valence electrons. The third-order valence-corrected chi connectivity index (χ3v) is 6.71. The molecule has 0 fully saturated rings. The minimum atomic E-state index is -0.576. The lowest BCUT2D eigenvalue weighted by Crippen LogP contribution is -2.23. The second kappa shape index (κ2) is 8.81. The second-order valence-electron chi connectivity index (χ2n) is 7.84. The van der Waals surface area contributed by atoms with Gasteiger partial charge in [-0.3, -0.25) is 4.79 Å². The van der Waals surface area contributed by atoms with Crippen LogP contribution in [0.2, 0.25) is 10.0 Å². The van der Waals surface area contributed by atoms with Crippen LogP contribution in [0.1, 0.15) is 45.1 Å². The van der Waals surface area contributed by atoms with Gasteiger partial charge in [0.05, 0.1) is 16.1 Å². The monoisotopic (exact) mass is 439 g/mol. The number of hydrogen-bond donors (Lipinski definition) is 2. The van der Waals surface area contributed by atoms with E-state index in [-0.39, 0.29) is 11.8 Å². The van der Waals surface area contributed by atoms with Crippen molar-refractivity contribution in [2.45, 2.75) is 32.3 Å². The summed E-state index contributed by atoms with van der Waals surface area (Å²) in [7, 11) is 0. The van der Waals surface area contributed by atoms with E-state index in [0.29, 0.717) is 15.6 Å². The van der Waals surface area contributed by atoms with Gasteiger partial charge in [-0.2, -0.15) is 0 Å². The van der Waals surface area contributed by atoms with Gasteiger partial charge in [-0.1, -0.05) is 59.6 Å². The molecule has 1 amide bonds. The minimum absolute atomic E-state index is 0.0985. The van der Waals surface area contributed by atoms with Crippen LogP contribution in [0.5, 0.6) is 0 Å². The molecular weight excluding hydrogens is 417 g/mol. The molecule has 0 aliphatic heterocycles. The number of anilines is 1. The molecule has 2 unspecified atom stereocenters. The zero-order valence-electron chi connectivity index (χ0n) is 16.7. The van der Waals surface area contributed by atoms with Crippen LogP contribution in [0.3, 0.4) is 0 Å². The van der Waals surface area contributed by atoms with Gasteiger partial charge in [0, 0.05) is 11.3 Å². The quantitative estimate of drug-likeness (QED) is 0.494. The SMILES string of the molecule is Cc1ccccc1NC(=O)c1ccc(CC2CCc3c(ccc(Cl)c3Cl)C2O)cc1. The van der Waals surface area contributed by atoms with Crippen molar-refractivity contribution in [2.24, 2.45) is 5.92 Å². The molecule has 0 aromatic heterocycles. The number of aliphatic hydroxyl groups is 1. The topological polar surface area (TPSA) is 49.3 Å². The zero-order chi connectivity index (χ0) is 21.3. The third-order valence-electron chi connectivity index (χ3n) is 5.87. The van der Waals surface area contributed by atoms with Crippen molar-refractivity contribution in [1.82, 2.24) is 0 Å². The number of benzene rings is 3. The lowest BCUT2D eigenvalue weighted by molar-refractivity contribution is 0.0936. The first kappa shape index (κ1) is 20.9. The number of aliphatic hydroxyl groups excluding tert-OH is 1. The van der Waals surface area contributed by atoms with E-state index in [1.165, 1.54) is 0 Å². The van der Waals surface area contributed by atoms with E-state index in [1.54, 1.807) is 6.07 Å². The summed E-state index contributed by atoms with van der Waals surface area (Å²) < 4.78 is 0. The normalized spacial score (nSPS) is 18.0. The summed E-state index contributed by atoms with van der Waals surface area (Å²) in [5, 5.41) is 14.9. The molecule has 1 aliphatic rings. The van der Waals surface area contributed by atoms with Crippen LogP contribution >= 0.6 is 23.2 Å². The lowest BCUT2D eigenvalue weighted by atomic mass is 9.78. The van der Waals surface area contributed by atoms with Crippen LogP contribution < -0.4 is 5.32 Å². The Morgan fingerprint density at radius 3 is 2.53 bits per heavy atom. The van der Waals surface area contributed by atoms with Gasteiger partial charge in [0.2, 0.25) is 0 Å². The number of nitrogens with one attached hydrogen (secondary N) is 1. The molecule has 2 atom stereocenters. The predicted molar refractivity (Wildman–Crippen MR) is 123 cm³/mol. The Morgan fingerprint density at radius 2 is 1.80 bits per heavy atom. The lowest BCUT2D eigenvalue weighted by Gasteiger charge is -2.31. The maximum absolute atomic E-state index is 12.5. The van der Waals surface area contributed by atoms with E-state index < -0.39 is 6.10 Å². The molecule has 4 rings (SSSR count). The smallest absolute Gasteiger partial charge is 0.255 e. The summed E-state index contributed by atoms with van der Waals surface area (Å²) in [6.45, 7) is 1.97. The maximum Gasteiger partial charge on any atom is 0.255 e. The highest BCUT2D eigenvalue weighted by Gasteiger charge is 2.30. The molecule has 0 spiro atoms. The van der Waals surface area contributed by atoms with Gasteiger partial charge in [-0.25, -0.2) is 0 Å². The number of carbonyl (C=O) groups is 1. The minimum Gasteiger partial charge on any atom is -0.388 e. The number of fused-ring (bicyclic) bond motifs is 1. The van der Waals surface area contributed by atoms with Crippen LogP contribution in [0.15, 0.2) is 60.7 Å². The molecular formula is C25H23Cl2NO2. The number of aryl methyl sites for hydroxylation is 1. The van der Waals surface area contributed by atoms with Gasteiger partial charge in [-0.05, 0) is 78.6 Å². The summed E-state index contributed by atoms with van der Waals surface area (Å²) >= 11 is 12.4. The molecule has 1 aliphatic carbocycles. The van der Waals surface area contributed by atoms with Crippen LogP contribution in [0, 0.1) is 12.8 Å². The van der Waals surface area contributed by atoms with E-state index in [0.717, 1.165) is 47.2 Å². The molecule has 3 aromatic rings. The van der Waals surface area contributed by atoms with Gasteiger partial charge in [0.15, 0.2) is 0 Å². The van der Waals surface area contributed by atoms with Crippen LogP contribution in [0.25, 0.3) is 0 Å². The second-order valence-corrected chi connectivity index (χ2v) is 8.63. The van der Waals surface area contributed by atoms with E-state index in [4.69, 9.17) is 23.2 Å². The molecule has 0 saturated heterocycles. The van der Waals surface area contributed by atoms with Crippen molar-refractivity contribution in [2.75, 3.05) is 5.32 Å². The van der Waals surface area contributed by atoms with Crippen molar-refractivity contribution >= 4 is 34.8 Å². The molecule has 3 aromatic carbocycles. The molecule has 0 saturated carbocycles. The largest absolute Gasteiger partial charge is 0.388 e. The summed E-state index contributed by atoms with van der Waals surface area (Å²) in [5.74, 6) is -0.0320. The fraction of sp³-hybridized carbons (Fsp3) is 0.240. The number of halogens is 2. The zero-order valence-corrected chi connectivity index (χ0v) is 18.2. The standard InChI is InChI=1S/C25H23Cl2NO2/c1-15-4-2-3-5-22(15)28-25(30)17-8-6-16(7-9-17)14-18-10-11-19-20(24(18)29)12-13-21(26)23(19)27/h2-9,12-13,18,24,29H,10-11,14H2,1H3,(H,28,30). The third kappa shape index (κ3) is 4.24.